The number of carbonyl (C=O) groups excluding carboxylic acids is 1. The zero-order valence-corrected chi connectivity index (χ0v) is 29.0. The molecule has 0 saturated carbocycles. The van der Waals surface area contributed by atoms with Crippen LogP contribution in [0.3, 0.4) is 0 Å². The monoisotopic (exact) mass is 755 g/mol. The summed E-state index contributed by atoms with van der Waals surface area (Å²) in [5.41, 5.74) is -0.895. The van der Waals surface area contributed by atoms with E-state index in [2.05, 4.69) is 91.0 Å². The second kappa shape index (κ2) is 15.4. The Labute approximate surface area is 284 Å². The van der Waals surface area contributed by atoms with Crippen molar-refractivity contribution in [3.05, 3.63) is 91.0 Å². The minimum absolute atomic E-state index is 0.0146. The number of halogens is 6. The summed E-state index contributed by atoms with van der Waals surface area (Å²) in [7, 11) is -13.9. The molecule has 0 aliphatic carbocycles. The Morgan fingerprint density at radius 2 is 1.12 bits per heavy atom. The lowest BCUT2D eigenvalue weighted by Crippen LogP contribution is -2.63. The van der Waals surface area contributed by atoms with Crippen molar-refractivity contribution in [3.8, 4) is 0 Å². The number of hydrogen-bond acceptors (Lipinski definition) is 7. The van der Waals surface area contributed by atoms with E-state index < -0.39 is 80.0 Å². The van der Waals surface area contributed by atoms with Gasteiger partial charge in [0.25, 0.3) is 10.0 Å². The fraction of sp³-hybridized carbons (Fsp3) is 0.406. The maximum atomic E-state index is 14.0. The molecule has 0 N–H and O–H groups in total. The number of hydrogen-bond donors (Lipinski definition) is 0. The average Bonchev–Trinajstić information content (AvgIpc) is 3.06. The summed E-state index contributed by atoms with van der Waals surface area (Å²) in [6.07, 6.45) is -1.35. The smallest absolute Gasteiger partial charge is 0.428 e. The molecule has 3 aromatic rings. The minimum Gasteiger partial charge on any atom is -0.743 e. The molecule has 0 unspecified atom stereocenters. The number of piperidine rings is 1. The van der Waals surface area contributed by atoms with Gasteiger partial charge in [-0.25, -0.2) is 16.8 Å². The normalized spacial score (nSPS) is 15.7. The van der Waals surface area contributed by atoms with E-state index in [1.807, 2.05) is 0 Å². The largest absolute Gasteiger partial charge is 0.743 e. The lowest BCUT2D eigenvalue weighted by molar-refractivity contribution is -0.247. The zero-order valence-electron chi connectivity index (χ0n) is 26.6. The summed E-state index contributed by atoms with van der Waals surface area (Å²) in [5.74, 6) is -7.71. The van der Waals surface area contributed by atoms with Crippen LogP contribution in [0.4, 0.5) is 26.3 Å². The van der Waals surface area contributed by atoms with Crippen LogP contribution in [-0.2, 0) is 40.6 Å². The molecule has 0 spiro atoms. The third-order valence-electron chi connectivity index (χ3n) is 7.76. The number of carbonyl (C=O) groups is 1. The maximum Gasteiger partial charge on any atom is 0.428 e. The van der Waals surface area contributed by atoms with Gasteiger partial charge in [0, 0.05) is 13.1 Å². The number of esters is 1. The van der Waals surface area contributed by atoms with Crippen LogP contribution in [0.1, 0.15) is 40.0 Å². The number of ether oxygens (including phenoxy) is 1. The van der Waals surface area contributed by atoms with Crippen LogP contribution < -0.4 is 0 Å². The van der Waals surface area contributed by atoms with Gasteiger partial charge < -0.3 is 9.29 Å². The van der Waals surface area contributed by atoms with E-state index in [4.69, 9.17) is 4.74 Å². The Kier molecular flexibility index (Phi) is 12.7. The van der Waals surface area contributed by atoms with E-state index >= 15 is 0 Å². The van der Waals surface area contributed by atoms with Gasteiger partial charge in [0.05, 0.1) is 16.3 Å². The first-order valence-electron chi connectivity index (χ1n) is 14.8. The van der Waals surface area contributed by atoms with E-state index in [1.165, 1.54) is 14.7 Å². The highest BCUT2D eigenvalue weighted by atomic mass is 32.2. The molecule has 1 aliphatic rings. The van der Waals surface area contributed by atoms with Crippen molar-refractivity contribution in [1.82, 2.24) is 4.31 Å². The second-order valence-corrected chi connectivity index (χ2v) is 17.0. The van der Waals surface area contributed by atoms with E-state index in [-0.39, 0.29) is 15.2 Å². The predicted octanol–water partition coefficient (Wildman–Crippen LogP) is 6.91. The van der Waals surface area contributed by atoms with E-state index in [0.717, 1.165) is 0 Å². The summed E-state index contributed by atoms with van der Waals surface area (Å²) >= 11 is 0. The van der Waals surface area contributed by atoms with E-state index in [0.29, 0.717) is 6.42 Å². The number of nitrogens with zero attached hydrogens (tertiary/aromatic N) is 1. The van der Waals surface area contributed by atoms with Crippen molar-refractivity contribution in [2.75, 3.05) is 13.1 Å². The first-order chi connectivity index (χ1) is 22.6. The molecule has 1 fully saturated rings. The molecule has 0 amide bonds. The number of rotatable bonds is 11. The SMILES string of the molecule is CCC(C)(C)C(=O)OC1CCN(S(=O)(=O)C(F)(F)C(F)(F)C(F)(F)S(=O)(=O)[O-])CC1.c1ccc([S+](c2ccccc2)c2ccccc2)cc1. The van der Waals surface area contributed by atoms with Crippen LogP contribution in [0.15, 0.2) is 106 Å². The molecule has 3 aromatic carbocycles. The first-order valence-corrected chi connectivity index (χ1v) is 18.9. The molecule has 1 saturated heterocycles. The van der Waals surface area contributed by atoms with Crippen molar-refractivity contribution in [1.29, 1.82) is 0 Å². The van der Waals surface area contributed by atoms with Gasteiger partial charge in [0.15, 0.2) is 24.8 Å². The molecule has 1 aliphatic heterocycles. The fourth-order valence-electron chi connectivity index (χ4n) is 4.37. The summed E-state index contributed by atoms with van der Waals surface area (Å²) in [6.45, 7) is 3.02. The predicted molar refractivity (Wildman–Crippen MR) is 170 cm³/mol. The Morgan fingerprint density at radius 3 is 1.45 bits per heavy atom. The number of sulfonamides is 1. The van der Waals surface area contributed by atoms with Crippen molar-refractivity contribution in [2.45, 2.75) is 77.3 Å². The summed E-state index contributed by atoms with van der Waals surface area (Å²) in [4.78, 5) is 16.1. The summed E-state index contributed by atoms with van der Waals surface area (Å²) in [6, 6.07) is 32.2. The van der Waals surface area contributed by atoms with Crippen molar-refractivity contribution < 1.29 is 57.3 Å². The summed E-state index contributed by atoms with van der Waals surface area (Å²) < 4.78 is 141. The van der Waals surface area contributed by atoms with Crippen LogP contribution in [0.5, 0.6) is 0 Å². The van der Waals surface area contributed by atoms with Gasteiger partial charge in [0.2, 0.25) is 0 Å². The minimum atomic E-state index is -7.33. The fourth-order valence-corrected chi connectivity index (χ4v) is 8.45. The Morgan fingerprint density at radius 1 is 0.755 bits per heavy atom. The molecule has 270 valence electrons. The molecule has 1 heterocycles. The standard InChI is InChI=1S/C18H15S.C14H21F6NO7S2/c1-4-10-16(11-5-1)19(17-12-6-2-7-13-17)18-14-8-3-9-15-18;1-4-11(2,3)10(22)28-9-5-7-21(8-6-9)29(23,24)13(17,18)12(15,16)14(19,20)30(25,26)27/h1-15H;9H,4-8H2,1-3H3,(H,25,26,27)/q+1;/p-1. The number of benzene rings is 3. The van der Waals surface area contributed by atoms with Crippen LogP contribution in [0.25, 0.3) is 0 Å². The Bertz CT molecular complexity index is 1660. The van der Waals surface area contributed by atoms with E-state index in [9.17, 15) is 52.5 Å². The lowest BCUT2D eigenvalue weighted by atomic mass is 9.90. The van der Waals surface area contributed by atoms with Gasteiger partial charge >= 0.3 is 22.4 Å². The molecule has 0 bridgehead atoms. The third-order valence-corrected chi connectivity index (χ3v) is 12.8. The van der Waals surface area contributed by atoms with Gasteiger partial charge in [-0.2, -0.15) is 30.6 Å². The molecule has 0 radical (unpaired) electrons. The topological polar surface area (TPSA) is 121 Å². The average molecular weight is 756 g/mol. The molecule has 0 atom stereocenters. The summed E-state index contributed by atoms with van der Waals surface area (Å²) in [5, 5.41) is -13.5. The van der Waals surface area contributed by atoms with Crippen molar-refractivity contribution >= 4 is 37.0 Å². The van der Waals surface area contributed by atoms with Gasteiger partial charge in [-0.1, -0.05) is 61.5 Å². The van der Waals surface area contributed by atoms with E-state index in [1.54, 1.807) is 20.8 Å². The van der Waals surface area contributed by atoms with Gasteiger partial charge in [0.1, 0.15) is 6.10 Å². The van der Waals surface area contributed by atoms with Crippen molar-refractivity contribution in [3.63, 3.8) is 0 Å². The molecular formula is C32H35F6NO7S3. The third kappa shape index (κ3) is 8.61. The van der Waals surface area contributed by atoms with Gasteiger partial charge in [-0.15, -0.1) is 0 Å². The quantitative estimate of drug-likeness (QED) is 0.0903. The molecule has 8 nitrogen and oxygen atoms in total. The molecule has 17 heteroatoms. The number of alkyl halides is 6. The molecular weight excluding hydrogens is 721 g/mol. The maximum absolute atomic E-state index is 14.0. The van der Waals surface area contributed by atoms with Crippen LogP contribution >= 0.6 is 0 Å². The van der Waals surface area contributed by atoms with Crippen LogP contribution in [-0.4, -0.2) is 67.3 Å². The van der Waals surface area contributed by atoms with Gasteiger partial charge in [-0.3, -0.25) is 4.79 Å². The highest BCUT2D eigenvalue weighted by Gasteiger charge is 2.80. The highest BCUT2D eigenvalue weighted by Crippen LogP contribution is 2.51. The molecule has 49 heavy (non-hydrogen) atoms. The highest BCUT2D eigenvalue weighted by molar-refractivity contribution is 7.97. The van der Waals surface area contributed by atoms with Crippen LogP contribution in [0, 0.1) is 5.41 Å². The molecule has 4 rings (SSSR count). The zero-order chi connectivity index (χ0) is 36.9. The first kappa shape index (κ1) is 40.3. The Hall–Kier alpha value is -3.12. The van der Waals surface area contributed by atoms with Crippen molar-refractivity contribution in [2.24, 2.45) is 5.41 Å². The van der Waals surface area contributed by atoms with Gasteiger partial charge in [-0.05, 0) is 69.5 Å². The lowest BCUT2D eigenvalue weighted by Gasteiger charge is -2.38. The molecule has 0 aromatic heterocycles. The second-order valence-electron chi connectivity index (χ2n) is 11.6. The van der Waals surface area contributed by atoms with Crippen LogP contribution in [0.2, 0.25) is 0 Å². The Balaban J connectivity index is 0.000000291.